The topological polar surface area (TPSA) is 55.6 Å². The number of hydrogen-bond donors (Lipinski definition) is 0. The minimum absolute atomic E-state index is 0.159. The van der Waals surface area contributed by atoms with Crippen LogP contribution in [0.15, 0.2) is 34.9 Å². The fourth-order valence-corrected chi connectivity index (χ4v) is 3.10. The molecule has 0 atom stereocenters. The number of hydrogen-bond acceptors (Lipinski definition) is 4. The van der Waals surface area contributed by atoms with Crippen LogP contribution in [-0.4, -0.2) is 35.7 Å². The van der Waals surface area contributed by atoms with Crippen molar-refractivity contribution in [2.45, 2.75) is 33.1 Å². The Hall–Kier alpha value is -2.30. The molecule has 0 unspecified atom stereocenters. The number of aryl methyl sites for hydroxylation is 2. The average molecular weight is 328 g/mol. The molecule has 1 fully saturated rings. The van der Waals surface area contributed by atoms with E-state index in [1.807, 2.05) is 49.1 Å². The number of likely N-dealkylation sites (tertiary alicyclic amines) is 1. The largest absolute Gasteiger partial charge is 0.493 e. The minimum Gasteiger partial charge on any atom is -0.493 e. The van der Waals surface area contributed by atoms with E-state index in [1.54, 1.807) is 0 Å². The van der Waals surface area contributed by atoms with Crippen LogP contribution in [0.4, 0.5) is 0 Å². The van der Waals surface area contributed by atoms with Crippen LogP contribution in [0.2, 0.25) is 0 Å². The molecule has 24 heavy (non-hydrogen) atoms. The monoisotopic (exact) mass is 328 g/mol. The first-order valence-electron chi connectivity index (χ1n) is 8.51. The number of rotatable bonds is 5. The molecule has 128 valence electrons. The number of carbonyl (C=O) groups excluding carboxylic acids is 1. The molecule has 0 radical (unpaired) electrons. The number of nitrogens with zero attached hydrogens (tertiary/aromatic N) is 2. The molecule has 3 rings (SSSR count). The van der Waals surface area contributed by atoms with Crippen molar-refractivity contribution in [1.29, 1.82) is 0 Å². The fourth-order valence-electron chi connectivity index (χ4n) is 3.10. The van der Waals surface area contributed by atoms with Crippen LogP contribution in [0.1, 0.15) is 29.9 Å². The Kier molecular flexibility index (Phi) is 5.18. The Morgan fingerprint density at radius 3 is 2.58 bits per heavy atom. The lowest BCUT2D eigenvalue weighted by atomic mass is 9.97. The normalized spacial score (nSPS) is 15.5. The SMILES string of the molecule is Cc1noc(C)c1CC(=O)N1CCC(COc2ccccc2)CC1. The zero-order chi connectivity index (χ0) is 16.9. The lowest BCUT2D eigenvalue weighted by molar-refractivity contribution is -0.132. The molecular formula is C19H24N2O3. The van der Waals surface area contributed by atoms with Gasteiger partial charge in [0.2, 0.25) is 5.91 Å². The van der Waals surface area contributed by atoms with Gasteiger partial charge in [-0.25, -0.2) is 0 Å². The maximum Gasteiger partial charge on any atom is 0.227 e. The summed E-state index contributed by atoms with van der Waals surface area (Å²) in [6, 6.07) is 9.89. The molecular weight excluding hydrogens is 304 g/mol. The molecule has 5 nitrogen and oxygen atoms in total. The first-order chi connectivity index (χ1) is 11.6. The van der Waals surface area contributed by atoms with Gasteiger partial charge >= 0.3 is 0 Å². The highest BCUT2D eigenvalue weighted by atomic mass is 16.5. The molecule has 0 N–H and O–H groups in total. The van der Waals surface area contributed by atoms with Crippen molar-refractivity contribution in [3.63, 3.8) is 0 Å². The fraction of sp³-hybridized carbons (Fsp3) is 0.474. The number of carbonyl (C=O) groups is 1. The molecule has 2 heterocycles. The molecule has 2 aromatic rings. The third-order valence-electron chi connectivity index (χ3n) is 4.71. The minimum atomic E-state index is 0.159. The number of piperidine rings is 1. The summed E-state index contributed by atoms with van der Waals surface area (Å²) in [5, 5.41) is 3.92. The molecule has 0 bridgehead atoms. The molecule has 0 saturated carbocycles. The van der Waals surface area contributed by atoms with Gasteiger partial charge in [0.1, 0.15) is 11.5 Å². The van der Waals surface area contributed by atoms with E-state index in [0.717, 1.165) is 55.3 Å². The second-order valence-corrected chi connectivity index (χ2v) is 6.43. The van der Waals surface area contributed by atoms with Crippen molar-refractivity contribution in [2.75, 3.05) is 19.7 Å². The zero-order valence-corrected chi connectivity index (χ0v) is 14.3. The molecule has 0 spiro atoms. The summed E-state index contributed by atoms with van der Waals surface area (Å²) in [5.41, 5.74) is 1.74. The molecule has 1 aromatic carbocycles. The van der Waals surface area contributed by atoms with Gasteiger partial charge in [-0.1, -0.05) is 23.4 Å². The molecule has 1 aromatic heterocycles. The Morgan fingerprint density at radius 2 is 1.96 bits per heavy atom. The van der Waals surface area contributed by atoms with E-state index >= 15 is 0 Å². The standard InChI is InChI=1S/C19H24N2O3/c1-14-18(15(2)24-20-14)12-19(22)21-10-8-16(9-11-21)13-23-17-6-4-3-5-7-17/h3-7,16H,8-13H2,1-2H3. The number of ether oxygens (including phenoxy) is 1. The van der Waals surface area contributed by atoms with Crippen molar-refractivity contribution in [1.82, 2.24) is 10.1 Å². The van der Waals surface area contributed by atoms with Gasteiger partial charge in [-0.3, -0.25) is 4.79 Å². The summed E-state index contributed by atoms with van der Waals surface area (Å²) in [7, 11) is 0. The summed E-state index contributed by atoms with van der Waals surface area (Å²) in [5.74, 6) is 2.32. The van der Waals surface area contributed by atoms with E-state index in [4.69, 9.17) is 9.26 Å². The van der Waals surface area contributed by atoms with Crippen molar-refractivity contribution in [3.8, 4) is 5.75 Å². The van der Waals surface area contributed by atoms with E-state index in [-0.39, 0.29) is 5.91 Å². The van der Waals surface area contributed by atoms with Crippen LogP contribution in [0, 0.1) is 19.8 Å². The predicted octanol–water partition coefficient (Wildman–Crippen LogP) is 3.15. The second kappa shape index (κ2) is 7.51. The molecule has 1 aliphatic heterocycles. The third kappa shape index (κ3) is 3.96. The molecule has 1 saturated heterocycles. The van der Waals surface area contributed by atoms with Crippen LogP contribution < -0.4 is 4.74 Å². The van der Waals surface area contributed by atoms with E-state index < -0.39 is 0 Å². The van der Waals surface area contributed by atoms with Gasteiger partial charge in [0.25, 0.3) is 0 Å². The quantitative estimate of drug-likeness (QED) is 0.846. The highest BCUT2D eigenvalue weighted by molar-refractivity contribution is 5.79. The highest BCUT2D eigenvalue weighted by Gasteiger charge is 2.24. The van der Waals surface area contributed by atoms with E-state index in [0.29, 0.717) is 12.3 Å². The van der Waals surface area contributed by atoms with Crippen LogP contribution in [-0.2, 0) is 11.2 Å². The second-order valence-electron chi connectivity index (χ2n) is 6.43. The predicted molar refractivity (Wildman–Crippen MR) is 90.9 cm³/mol. The maximum atomic E-state index is 12.5. The van der Waals surface area contributed by atoms with Crippen molar-refractivity contribution < 1.29 is 14.1 Å². The van der Waals surface area contributed by atoms with Crippen LogP contribution in [0.3, 0.4) is 0 Å². The number of benzene rings is 1. The van der Waals surface area contributed by atoms with Crippen molar-refractivity contribution in [2.24, 2.45) is 5.92 Å². The van der Waals surface area contributed by atoms with E-state index in [1.165, 1.54) is 0 Å². The Balaban J connectivity index is 1.45. The van der Waals surface area contributed by atoms with Gasteiger partial charge in [-0.2, -0.15) is 0 Å². The molecule has 0 aliphatic carbocycles. The van der Waals surface area contributed by atoms with Gasteiger partial charge in [-0.15, -0.1) is 0 Å². The summed E-state index contributed by atoms with van der Waals surface area (Å²) in [6.45, 7) is 6.05. The van der Waals surface area contributed by atoms with E-state index in [2.05, 4.69) is 5.16 Å². The highest BCUT2D eigenvalue weighted by Crippen LogP contribution is 2.21. The van der Waals surface area contributed by atoms with Crippen molar-refractivity contribution >= 4 is 5.91 Å². The average Bonchev–Trinajstić information content (AvgIpc) is 2.93. The van der Waals surface area contributed by atoms with Crippen LogP contribution in [0.25, 0.3) is 0 Å². The third-order valence-corrected chi connectivity index (χ3v) is 4.71. The van der Waals surface area contributed by atoms with Crippen molar-refractivity contribution in [3.05, 3.63) is 47.3 Å². The van der Waals surface area contributed by atoms with Crippen LogP contribution >= 0.6 is 0 Å². The summed E-state index contributed by atoms with van der Waals surface area (Å²) in [6.07, 6.45) is 2.35. The number of amides is 1. The summed E-state index contributed by atoms with van der Waals surface area (Å²) in [4.78, 5) is 14.4. The lowest BCUT2D eigenvalue weighted by Crippen LogP contribution is -2.40. The van der Waals surface area contributed by atoms with Gasteiger partial charge in [0.05, 0.1) is 18.7 Å². The van der Waals surface area contributed by atoms with Gasteiger partial charge in [0, 0.05) is 18.7 Å². The molecule has 5 heteroatoms. The molecule has 1 aliphatic rings. The molecule has 1 amide bonds. The number of para-hydroxylation sites is 1. The van der Waals surface area contributed by atoms with E-state index in [9.17, 15) is 4.79 Å². The first kappa shape index (κ1) is 16.6. The summed E-state index contributed by atoms with van der Waals surface area (Å²) >= 11 is 0. The lowest BCUT2D eigenvalue weighted by Gasteiger charge is -2.32. The summed E-state index contributed by atoms with van der Waals surface area (Å²) < 4.78 is 11.0. The van der Waals surface area contributed by atoms with Gasteiger partial charge in [0.15, 0.2) is 0 Å². The van der Waals surface area contributed by atoms with Gasteiger partial charge < -0.3 is 14.2 Å². The Morgan fingerprint density at radius 1 is 1.25 bits per heavy atom. The van der Waals surface area contributed by atoms with Gasteiger partial charge in [-0.05, 0) is 44.7 Å². The zero-order valence-electron chi connectivity index (χ0n) is 14.3. The number of aromatic nitrogens is 1. The van der Waals surface area contributed by atoms with Crippen LogP contribution in [0.5, 0.6) is 5.75 Å². The Labute approximate surface area is 142 Å². The Bertz CT molecular complexity index is 654. The first-order valence-corrected chi connectivity index (χ1v) is 8.51. The smallest absolute Gasteiger partial charge is 0.227 e. The maximum absolute atomic E-state index is 12.5.